The molecule has 0 saturated heterocycles. The molecule has 0 atom stereocenters. The number of benzene rings is 2. The Balaban J connectivity index is 2.38. The Morgan fingerprint density at radius 3 is 2.32 bits per heavy atom. The molecule has 0 heterocycles. The Labute approximate surface area is 143 Å². The third-order valence-electron chi connectivity index (χ3n) is 3.30. The molecular weight excluding hydrogens is 350 g/mol. The van der Waals surface area contributed by atoms with Crippen molar-refractivity contribution in [1.82, 2.24) is 0 Å². The molecular formula is C16H15NO7S. The monoisotopic (exact) mass is 365 g/mol. The topological polar surface area (TPSA) is 127 Å². The Morgan fingerprint density at radius 2 is 1.80 bits per heavy atom. The van der Waals surface area contributed by atoms with Gasteiger partial charge in [0.1, 0.15) is 5.75 Å². The predicted molar refractivity (Wildman–Crippen MR) is 90.4 cm³/mol. The van der Waals surface area contributed by atoms with Gasteiger partial charge in [-0.1, -0.05) is 18.2 Å². The standard InChI is InChI=1S/C16H15NO7S/c1-24-13-5-2-11(3-6-13)10-25(22,23)16(17(20)21)9-12-4-7-14(18)15(19)8-12/h2-9,18-19H,10H2,1H3/b16-9-. The molecule has 2 rings (SSSR count). The number of aromatic hydroxyl groups is 2. The molecule has 0 bridgehead atoms. The van der Waals surface area contributed by atoms with Crippen molar-refractivity contribution in [2.75, 3.05) is 7.11 Å². The second-order valence-corrected chi connectivity index (χ2v) is 7.03. The number of hydrogen-bond acceptors (Lipinski definition) is 7. The molecule has 0 aliphatic carbocycles. The van der Waals surface area contributed by atoms with E-state index in [1.807, 2.05) is 0 Å². The van der Waals surface area contributed by atoms with Crippen molar-refractivity contribution in [2.24, 2.45) is 0 Å². The molecule has 0 saturated carbocycles. The number of nitrogens with zero attached hydrogens (tertiary/aromatic N) is 1. The molecule has 2 N–H and O–H groups in total. The summed E-state index contributed by atoms with van der Waals surface area (Å²) in [5, 5.41) is 28.9. The largest absolute Gasteiger partial charge is 0.504 e. The lowest BCUT2D eigenvalue weighted by Gasteiger charge is -2.05. The highest BCUT2D eigenvalue weighted by Crippen LogP contribution is 2.27. The second-order valence-electron chi connectivity index (χ2n) is 5.09. The zero-order valence-electron chi connectivity index (χ0n) is 13.1. The first-order valence-electron chi connectivity index (χ1n) is 6.96. The van der Waals surface area contributed by atoms with E-state index in [1.165, 1.54) is 25.3 Å². The zero-order valence-corrected chi connectivity index (χ0v) is 13.9. The summed E-state index contributed by atoms with van der Waals surface area (Å²) in [5.41, 5.74) is 0.433. The van der Waals surface area contributed by atoms with Crippen LogP contribution in [-0.4, -0.2) is 30.7 Å². The average molecular weight is 365 g/mol. The molecule has 2 aromatic rings. The van der Waals surface area contributed by atoms with Crippen LogP contribution >= 0.6 is 0 Å². The van der Waals surface area contributed by atoms with Gasteiger partial charge in [-0.25, -0.2) is 8.42 Å². The maximum absolute atomic E-state index is 12.4. The van der Waals surface area contributed by atoms with Crippen molar-refractivity contribution in [3.05, 3.63) is 68.7 Å². The third kappa shape index (κ3) is 4.48. The quantitative estimate of drug-likeness (QED) is 0.457. The molecule has 9 heteroatoms. The first-order valence-corrected chi connectivity index (χ1v) is 8.62. The highest BCUT2D eigenvalue weighted by atomic mass is 32.2. The van der Waals surface area contributed by atoms with Gasteiger partial charge >= 0.3 is 5.03 Å². The summed E-state index contributed by atoms with van der Waals surface area (Å²) in [5.74, 6) is -0.955. The van der Waals surface area contributed by atoms with E-state index < -0.39 is 37.0 Å². The van der Waals surface area contributed by atoms with Crippen LogP contribution in [0.2, 0.25) is 0 Å². The lowest BCUT2D eigenvalue weighted by Crippen LogP contribution is -2.14. The fourth-order valence-electron chi connectivity index (χ4n) is 2.04. The third-order valence-corrected chi connectivity index (χ3v) is 4.92. The molecule has 0 fully saturated rings. The lowest BCUT2D eigenvalue weighted by atomic mass is 10.2. The minimum Gasteiger partial charge on any atom is -0.504 e. The zero-order chi connectivity index (χ0) is 18.6. The molecule has 2 aromatic carbocycles. The molecule has 0 aliphatic heterocycles. The van der Waals surface area contributed by atoms with E-state index in [4.69, 9.17) is 4.74 Å². The van der Waals surface area contributed by atoms with E-state index in [-0.39, 0.29) is 5.56 Å². The Bertz CT molecular complexity index is 918. The van der Waals surface area contributed by atoms with Gasteiger partial charge in [0.05, 0.1) is 17.8 Å². The van der Waals surface area contributed by atoms with Crippen LogP contribution in [0, 0.1) is 10.1 Å². The van der Waals surface area contributed by atoms with Gasteiger partial charge < -0.3 is 14.9 Å². The number of hydrogen-bond donors (Lipinski definition) is 2. The number of ether oxygens (including phenoxy) is 1. The fourth-order valence-corrected chi connectivity index (χ4v) is 3.37. The van der Waals surface area contributed by atoms with E-state index in [1.54, 1.807) is 12.1 Å². The lowest BCUT2D eigenvalue weighted by molar-refractivity contribution is -0.410. The van der Waals surface area contributed by atoms with Crippen molar-refractivity contribution in [3.8, 4) is 17.2 Å². The molecule has 25 heavy (non-hydrogen) atoms. The first-order chi connectivity index (χ1) is 11.7. The minimum absolute atomic E-state index is 0.0697. The molecule has 0 aromatic heterocycles. The molecule has 0 amide bonds. The average Bonchev–Trinajstić information content (AvgIpc) is 2.55. The highest BCUT2D eigenvalue weighted by molar-refractivity contribution is 7.94. The van der Waals surface area contributed by atoms with Crippen LogP contribution in [0.15, 0.2) is 47.5 Å². The van der Waals surface area contributed by atoms with Gasteiger partial charge in [0.15, 0.2) is 11.5 Å². The number of phenols is 2. The Kier molecular flexibility index (Phi) is 5.28. The van der Waals surface area contributed by atoms with Crippen LogP contribution in [-0.2, 0) is 15.6 Å². The Hall–Kier alpha value is -3.07. The van der Waals surface area contributed by atoms with Gasteiger partial charge in [-0.2, -0.15) is 0 Å². The van der Waals surface area contributed by atoms with E-state index in [0.717, 1.165) is 18.2 Å². The maximum atomic E-state index is 12.4. The molecule has 0 radical (unpaired) electrons. The Morgan fingerprint density at radius 1 is 1.16 bits per heavy atom. The van der Waals surface area contributed by atoms with Crippen LogP contribution in [0.4, 0.5) is 0 Å². The van der Waals surface area contributed by atoms with Crippen LogP contribution < -0.4 is 4.74 Å². The van der Waals surface area contributed by atoms with Gasteiger partial charge in [-0.05, 0) is 35.4 Å². The van der Waals surface area contributed by atoms with Gasteiger partial charge in [0, 0.05) is 6.08 Å². The number of rotatable bonds is 6. The number of nitro groups is 1. The molecule has 0 spiro atoms. The fraction of sp³-hybridized carbons (Fsp3) is 0.125. The minimum atomic E-state index is -4.24. The summed E-state index contributed by atoms with van der Waals surface area (Å²) in [4.78, 5) is 10.2. The van der Waals surface area contributed by atoms with E-state index in [9.17, 15) is 28.7 Å². The summed E-state index contributed by atoms with van der Waals surface area (Å²) >= 11 is 0. The van der Waals surface area contributed by atoms with Gasteiger partial charge in [0.25, 0.3) is 0 Å². The van der Waals surface area contributed by atoms with Crippen molar-refractivity contribution >= 4 is 15.9 Å². The molecule has 132 valence electrons. The van der Waals surface area contributed by atoms with Crippen molar-refractivity contribution in [3.63, 3.8) is 0 Å². The van der Waals surface area contributed by atoms with Crippen LogP contribution in [0.5, 0.6) is 17.2 Å². The van der Waals surface area contributed by atoms with Crippen molar-refractivity contribution in [2.45, 2.75) is 5.75 Å². The van der Waals surface area contributed by atoms with Gasteiger partial charge in [-0.15, -0.1) is 0 Å². The summed E-state index contributed by atoms with van der Waals surface area (Å²) in [6.45, 7) is 0. The SMILES string of the molecule is COc1ccc(CS(=O)(=O)/C(=C\c2ccc(O)c(O)c2)[N+](=O)[O-])cc1. The normalized spacial score (nSPS) is 12.0. The number of sulfone groups is 1. The molecule has 8 nitrogen and oxygen atoms in total. The maximum Gasteiger partial charge on any atom is 0.360 e. The second kappa shape index (κ2) is 7.22. The van der Waals surface area contributed by atoms with Crippen molar-refractivity contribution < 1.29 is 28.3 Å². The van der Waals surface area contributed by atoms with Crippen molar-refractivity contribution in [1.29, 1.82) is 0 Å². The van der Waals surface area contributed by atoms with Crippen LogP contribution in [0.25, 0.3) is 6.08 Å². The van der Waals surface area contributed by atoms with Crippen LogP contribution in [0.1, 0.15) is 11.1 Å². The summed E-state index contributed by atoms with van der Waals surface area (Å²) in [6.07, 6.45) is 0.831. The predicted octanol–water partition coefficient (Wildman–Crippen LogP) is 2.30. The molecule has 0 aliphatic rings. The summed E-state index contributed by atoms with van der Waals surface area (Å²) in [6, 6.07) is 9.50. The van der Waals surface area contributed by atoms with Crippen LogP contribution in [0.3, 0.4) is 0 Å². The van der Waals surface area contributed by atoms with Gasteiger partial charge in [-0.3, -0.25) is 10.1 Å². The summed E-state index contributed by atoms with van der Waals surface area (Å²) in [7, 11) is -2.77. The number of methoxy groups -OCH3 is 1. The summed E-state index contributed by atoms with van der Waals surface area (Å²) < 4.78 is 29.8. The highest BCUT2D eigenvalue weighted by Gasteiger charge is 2.29. The smallest absolute Gasteiger partial charge is 0.360 e. The van der Waals surface area contributed by atoms with E-state index >= 15 is 0 Å². The van der Waals surface area contributed by atoms with Gasteiger partial charge in [0.2, 0.25) is 9.84 Å². The molecule has 0 unspecified atom stereocenters. The number of phenolic OH excluding ortho intramolecular Hbond substituents is 2. The first kappa shape index (κ1) is 18.3. The van der Waals surface area contributed by atoms with E-state index in [0.29, 0.717) is 11.3 Å². The van der Waals surface area contributed by atoms with E-state index in [2.05, 4.69) is 0 Å².